The van der Waals surface area contributed by atoms with E-state index in [9.17, 15) is 0 Å². The van der Waals surface area contributed by atoms with Crippen molar-refractivity contribution in [3.63, 3.8) is 0 Å². The fraction of sp³-hybridized carbons (Fsp3) is 0.0833. The molecule has 0 fully saturated rings. The lowest BCUT2D eigenvalue weighted by Crippen LogP contribution is -2.00. The molecule has 0 amide bonds. The number of rotatable bonds is 3. The summed E-state index contributed by atoms with van der Waals surface area (Å²) in [7, 11) is 1.51. The molecular weight excluding hydrogens is 332 g/mol. The molecule has 1 N–H and O–H groups in total. The molecule has 0 aliphatic rings. The number of hydrogen-bond acceptors (Lipinski definition) is 5. The maximum atomic E-state index is 8.86. The Morgan fingerprint density at radius 1 is 1.47 bits per heavy atom. The van der Waals surface area contributed by atoms with Crippen LogP contribution < -0.4 is 10.1 Å². The summed E-state index contributed by atoms with van der Waals surface area (Å²) in [5.41, 5.74) is 1.06. The molecule has 0 saturated heterocycles. The van der Waals surface area contributed by atoms with Gasteiger partial charge in [0.05, 0.1) is 40.1 Å². The Labute approximate surface area is 123 Å². The summed E-state index contributed by atoms with van der Waals surface area (Å²) < 4.78 is 5.73. The Morgan fingerprint density at radius 2 is 2.26 bits per heavy atom. The minimum Gasteiger partial charge on any atom is -0.480 e. The molecule has 0 aliphatic heterocycles. The van der Waals surface area contributed by atoms with Crippen molar-refractivity contribution >= 4 is 39.2 Å². The highest BCUT2D eigenvalue weighted by molar-refractivity contribution is 9.10. The SMILES string of the molecule is COc1nc(Nc2cc(C#N)ccc2Cl)ncc1Br. The van der Waals surface area contributed by atoms with Gasteiger partial charge < -0.3 is 10.1 Å². The third-order valence-corrected chi connectivity index (χ3v) is 3.12. The topological polar surface area (TPSA) is 70.8 Å². The molecule has 0 aliphatic carbocycles. The van der Waals surface area contributed by atoms with Crippen LogP contribution >= 0.6 is 27.5 Å². The molecule has 0 saturated carbocycles. The average molecular weight is 340 g/mol. The maximum Gasteiger partial charge on any atom is 0.232 e. The number of nitrogens with zero attached hydrogens (tertiary/aromatic N) is 3. The zero-order valence-electron chi connectivity index (χ0n) is 9.82. The predicted molar refractivity (Wildman–Crippen MR) is 75.7 cm³/mol. The number of nitrogens with one attached hydrogen (secondary N) is 1. The van der Waals surface area contributed by atoms with E-state index in [-0.39, 0.29) is 0 Å². The molecule has 1 heterocycles. The molecule has 0 bridgehead atoms. The van der Waals surface area contributed by atoms with Crippen LogP contribution in [0.15, 0.2) is 28.9 Å². The monoisotopic (exact) mass is 338 g/mol. The van der Waals surface area contributed by atoms with Crippen LogP contribution in [-0.2, 0) is 0 Å². The molecule has 96 valence electrons. The highest BCUT2D eigenvalue weighted by Gasteiger charge is 2.08. The van der Waals surface area contributed by atoms with Crippen molar-refractivity contribution in [2.75, 3.05) is 12.4 Å². The van der Waals surface area contributed by atoms with Gasteiger partial charge in [0.1, 0.15) is 0 Å². The fourth-order valence-electron chi connectivity index (χ4n) is 1.37. The summed E-state index contributed by atoms with van der Waals surface area (Å²) in [5.74, 6) is 0.738. The Bertz CT molecular complexity index is 657. The first kappa shape index (κ1) is 13.6. The van der Waals surface area contributed by atoms with Crippen LogP contribution in [0.2, 0.25) is 5.02 Å². The normalized spacial score (nSPS) is 9.79. The molecule has 1 aromatic heterocycles. The van der Waals surface area contributed by atoms with E-state index < -0.39 is 0 Å². The highest BCUT2D eigenvalue weighted by atomic mass is 79.9. The third kappa shape index (κ3) is 3.13. The molecule has 0 unspecified atom stereocenters. The van der Waals surface area contributed by atoms with E-state index in [0.29, 0.717) is 32.6 Å². The van der Waals surface area contributed by atoms with Gasteiger partial charge in [-0.2, -0.15) is 10.2 Å². The number of anilines is 2. The van der Waals surface area contributed by atoms with E-state index in [2.05, 4.69) is 31.2 Å². The van der Waals surface area contributed by atoms with Crippen molar-refractivity contribution in [3.8, 4) is 11.9 Å². The van der Waals surface area contributed by atoms with E-state index in [1.54, 1.807) is 24.4 Å². The van der Waals surface area contributed by atoms with Gasteiger partial charge in [0.15, 0.2) is 0 Å². The van der Waals surface area contributed by atoms with Gasteiger partial charge in [0.25, 0.3) is 0 Å². The number of benzene rings is 1. The Hall–Kier alpha value is -1.84. The quantitative estimate of drug-likeness (QED) is 0.926. The zero-order valence-corrected chi connectivity index (χ0v) is 12.2. The van der Waals surface area contributed by atoms with Gasteiger partial charge in [0.2, 0.25) is 11.8 Å². The number of halogens is 2. The van der Waals surface area contributed by atoms with Gasteiger partial charge in [-0.15, -0.1) is 0 Å². The van der Waals surface area contributed by atoms with Crippen molar-refractivity contribution in [1.82, 2.24) is 9.97 Å². The summed E-state index contributed by atoms with van der Waals surface area (Å²) in [5, 5.41) is 12.3. The average Bonchev–Trinajstić information content (AvgIpc) is 2.43. The first-order valence-electron chi connectivity index (χ1n) is 5.17. The maximum absolute atomic E-state index is 8.86. The second-order valence-electron chi connectivity index (χ2n) is 3.48. The number of hydrogen-bond donors (Lipinski definition) is 1. The first-order chi connectivity index (χ1) is 9.13. The van der Waals surface area contributed by atoms with Crippen LogP contribution in [0.1, 0.15) is 5.56 Å². The second-order valence-corrected chi connectivity index (χ2v) is 4.74. The minimum absolute atomic E-state index is 0.331. The number of ether oxygens (including phenoxy) is 1. The van der Waals surface area contributed by atoms with E-state index in [0.717, 1.165) is 0 Å². The predicted octanol–water partition coefficient (Wildman–Crippen LogP) is 3.52. The molecule has 0 radical (unpaired) electrons. The van der Waals surface area contributed by atoms with Gasteiger partial charge in [0, 0.05) is 0 Å². The lowest BCUT2D eigenvalue weighted by Gasteiger charge is -2.08. The molecule has 0 atom stereocenters. The Kier molecular flexibility index (Phi) is 4.20. The lowest BCUT2D eigenvalue weighted by atomic mass is 10.2. The van der Waals surface area contributed by atoms with Gasteiger partial charge in [-0.3, -0.25) is 0 Å². The smallest absolute Gasteiger partial charge is 0.232 e. The van der Waals surface area contributed by atoms with Crippen molar-refractivity contribution in [2.24, 2.45) is 0 Å². The van der Waals surface area contributed by atoms with Crippen molar-refractivity contribution in [3.05, 3.63) is 39.5 Å². The summed E-state index contributed by atoms with van der Waals surface area (Å²) in [4.78, 5) is 8.24. The van der Waals surface area contributed by atoms with Crippen LogP contribution in [0.25, 0.3) is 0 Å². The van der Waals surface area contributed by atoms with Crippen molar-refractivity contribution < 1.29 is 4.74 Å². The summed E-state index contributed by atoms with van der Waals surface area (Å²) >= 11 is 9.31. The van der Waals surface area contributed by atoms with Crippen LogP contribution in [0.3, 0.4) is 0 Å². The van der Waals surface area contributed by atoms with E-state index in [1.165, 1.54) is 7.11 Å². The lowest BCUT2D eigenvalue weighted by molar-refractivity contribution is 0.394. The van der Waals surface area contributed by atoms with Crippen molar-refractivity contribution in [2.45, 2.75) is 0 Å². The molecule has 7 heteroatoms. The summed E-state index contributed by atoms with van der Waals surface area (Å²) in [6.45, 7) is 0. The van der Waals surface area contributed by atoms with E-state index >= 15 is 0 Å². The van der Waals surface area contributed by atoms with Crippen LogP contribution in [0.5, 0.6) is 5.88 Å². The number of nitriles is 1. The standard InChI is InChI=1S/C12H8BrClN4O/c1-19-11-8(13)6-16-12(18-11)17-10-4-7(5-15)2-3-9(10)14/h2-4,6H,1H3,(H,16,17,18). The largest absolute Gasteiger partial charge is 0.480 e. The number of methoxy groups -OCH3 is 1. The molecular formula is C12H8BrClN4O. The van der Waals surface area contributed by atoms with Gasteiger partial charge in [-0.1, -0.05) is 11.6 Å². The summed E-state index contributed by atoms with van der Waals surface area (Å²) in [6.07, 6.45) is 1.57. The molecule has 2 rings (SSSR count). The molecule has 2 aromatic rings. The van der Waals surface area contributed by atoms with E-state index in [4.69, 9.17) is 21.6 Å². The summed E-state index contributed by atoms with van der Waals surface area (Å²) in [6, 6.07) is 6.94. The third-order valence-electron chi connectivity index (χ3n) is 2.25. The van der Waals surface area contributed by atoms with Gasteiger partial charge in [-0.05, 0) is 34.1 Å². The van der Waals surface area contributed by atoms with Crippen molar-refractivity contribution in [1.29, 1.82) is 5.26 Å². The Morgan fingerprint density at radius 3 is 2.95 bits per heavy atom. The van der Waals surface area contributed by atoms with Crippen LogP contribution in [0, 0.1) is 11.3 Å². The first-order valence-corrected chi connectivity index (χ1v) is 6.34. The number of aromatic nitrogens is 2. The highest BCUT2D eigenvalue weighted by Crippen LogP contribution is 2.27. The zero-order chi connectivity index (χ0) is 13.8. The Balaban J connectivity index is 2.33. The molecule has 5 nitrogen and oxygen atoms in total. The van der Waals surface area contributed by atoms with Crippen LogP contribution in [-0.4, -0.2) is 17.1 Å². The second kappa shape index (κ2) is 5.87. The van der Waals surface area contributed by atoms with Crippen LogP contribution in [0.4, 0.5) is 11.6 Å². The van der Waals surface area contributed by atoms with Gasteiger partial charge >= 0.3 is 0 Å². The fourth-order valence-corrected chi connectivity index (χ4v) is 1.88. The molecule has 0 spiro atoms. The minimum atomic E-state index is 0.331. The van der Waals surface area contributed by atoms with Gasteiger partial charge in [-0.25, -0.2) is 4.98 Å². The molecule has 19 heavy (non-hydrogen) atoms. The van der Waals surface area contributed by atoms with E-state index in [1.807, 2.05) is 6.07 Å². The molecule has 1 aromatic carbocycles.